The van der Waals surface area contributed by atoms with Crippen LogP contribution in [0.2, 0.25) is 0 Å². The number of hydrogen-bond acceptors (Lipinski definition) is 4. The predicted octanol–water partition coefficient (Wildman–Crippen LogP) is 2.13. The standard InChI is InChI=1S/C14H13F3N4/c15-14(16,17)13-10-8-18-6-4-11(10)20-12(21-13)7-9-3-1-2-5-19-9/h1-3,5,18H,4,6-8H2. The van der Waals surface area contributed by atoms with Crippen LogP contribution in [0.25, 0.3) is 0 Å². The third-order valence-electron chi connectivity index (χ3n) is 3.31. The van der Waals surface area contributed by atoms with Gasteiger partial charge < -0.3 is 5.32 Å². The van der Waals surface area contributed by atoms with E-state index >= 15 is 0 Å². The molecule has 110 valence electrons. The first-order chi connectivity index (χ1) is 10.0. The van der Waals surface area contributed by atoms with Gasteiger partial charge in [0.15, 0.2) is 5.69 Å². The maximum atomic E-state index is 13.2. The lowest BCUT2D eigenvalue weighted by atomic mass is 10.0. The largest absolute Gasteiger partial charge is 0.433 e. The molecule has 0 saturated heterocycles. The van der Waals surface area contributed by atoms with Gasteiger partial charge in [-0.15, -0.1) is 0 Å². The second-order valence-corrected chi connectivity index (χ2v) is 4.84. The molecular weight excluding hydrogens is 281 g/mol. The monoisotopic (exact) mass is 294 g/mol. The summed E-state index contributed by atoms with van der Waals surface area (Å²) in [6.07, 6.45) is -2.19. The minimum atomic E-state index is -4.47. The molecule has 0 bridgehead atoms. The Bertz CT molecular complexity index is 641. The van der Waals surface area contributed by atoms with Gasteiger partial charge in [-0.3, -0.25) is 4.98 Å². The highest BCUT2D eigenvalue weighted by Crippen LogP contribution is 2.32. The van der Waals surface area contributed by atoms with E-state index in [1.165, 1.54) is 0 Å². The van der Waals surface area contributed by atoms with Crippen molar-refractivity contribution in [3.05, 3.63) is 52.9 Å². The Morgan fingerprint density at radius 2 is 2.05 bits per heavy atom. The summed E-state index contributed by atoms with van der Waals surface area (Å²) in [5.41, 5.74) is 0.477. The SMILES string of the molecule is FC(F)(F)c1nc(Cc2ccccn2)nc2c1CNCC2. The Balaban J connectivity index is 2.02. The van der Waals surface area contributed by atoms with Crippen LogP contribution in [0.3, 0.4) is 0 Å². The topological polar surface area (TPSA) is 50.7 Å². The van der Waals surface area contributed by atoms with Gasteiger partial charge in [-0.2, -0.15) is 13.2 Å². The Morgan fingerprint density at radius 3 is 2.76 bits per heavy atom. The zero-order valence-corrected chi connectivity index (χ0v) is 11.1. The van der Waals surface area contributed by atoms with Crippen LogP contribution in [0, 0.1) is 0 Å². The molecule has 2 aromatic heterocycles. The zero-order valence-electron chi connectivity index (χ0n) is 11.1. The second kappa shape index (κ2) is 5.40. The Hall–Kier alpha value is -2.02. The summed E-state index contributed by atoms with van der Waals surface area (Å²) in [7, 11) is 0. The molecule has 0 saturated carbocycles. The number of aromatic nitrogens is 3. The van der Waals surface area contributed by atoms with E-state index in [0.717, 1.165) is 0 Å². The van der Waals surface area contributed by atoms with Crippen LogP contribution >= 0.6 is 0 Å². The van der Waals surface area contributed by atoms with Crippen molar-refractivity contribution in [2.24, 2.45) is 0 Å². The van der Waals surface area contributed by atoms with Crippen LogP contribution < -0.4 is 5.32 Å². The highest BCUT2D eigenvalue weighted by Gasteiger charge is 2.37. The Labute approximate surface area is 119 Å². The molecule has 1 N–H and O–H groups in total. The van der Waals surface area contributed by atoms with Crippen molar-refractivity contribution in [2.75, 3.05) is 6.54 Å². The van der Waals surface area contributed by atoms with Crippen molar-refractivity contribution in [1.29, 1.82) is 0 Å². The van der Waals surface area contributed by atoms with E-state index < -0.39 is 11.9 Å². The average Bonchev–Trinajstić information content (AvgIpc) is 2.46. The van der Waals surface area contributed by atoms with Crippen LogP contribution in [0.4, 0.5) is 13.2 Å². The lowest BCUT2D eigenvalue weighted by molar-refractivity contribution is -0.142. The van der Waals surface area contributed by atoms with Gasteiger partial charge in [-0.05, 0) is 12.1 Å². The summed E-state index contributed by atoms with van der Waals surface area (Å²) in [4.78, 5) is 12.1. The normalized spacial score (nSPS) is 14.8. The highest BCUT2D eigenvalue weighted by molar-refractivity contribution is 5.31. The van der Waals surface area contributed by atoms with Crippen LogP contribution in [0.15, 0.2) is 24.4 Å². The van der Waals surface area contributed by atoms with Crippen molar-refractivity contribution < 1.29 is 13.2 Å². The molecule has 3 rings (SSSR count). The average molecular weight is 294 g/mol. The van der Waals surface area contributed by atoms with Gasteiger partial charge in [0.2, 0.25) is 0 Å². The number of nitrogens with zero attached hydrogens (tertiary/aromatic N) is 3. The molecule has 2 aromatic rings. The molecule has 0 amide bonds. The highest BCUT2D eigenvalue weighted by atomic mass is 19.4. The maximum absolute atomic E-state index is 13.2. The van der Waals surface area contributed by atoms with Gasteiger partial charge in [0.05, 0.1) is 12.1 Å². The van der Waals surface area contributed by atoms with Gasteiger partial charge in [0.25, 0.3) is 0 Å². The molecule has 0 aromatic carbocycles. The number of nitrogens with one attached hydrogen (secondary N) is 1. The Kier molecular flexibility index (Phi) is 3.59. The van der Waals surface area contributed by atoms with Crippen molar-refractivity contribution >= 4 is 0 Å². The zero-order chi connectivity index (χ0) is 14.9. The van der Waals surface area contributed by atoms with E-state index in [9.17, 15) is 13.2 Å². The number of hydrogen-bond donors (Lipinski definition) is 1. The van der Waals surface area contributed by atoms with Crippen molar-refractivity contribution in [2.45, 2.75) is 25.6 Å². The van der Waals surface area contributed by atoms with Gasteiger partial charge in [0, 0.05) is 37.0 Å². The molecule has 21 heavy (non-hydrogen) atoms. The van der Waals surface area contributed by atoms with E-state index in [-0.39, 0.29) is 24.4 Å². The van der Waals surface area contributed by atoms with Crippen LogP contribution in [0.5, 0.6) is 0 Å². The van der Waals surface area contributed by atoms with Crippen molar-refractivity contribution in [1.82, 2.24) is 20.3 Å². The third-order valence-corrected chi connectivity index (χ3v) is 3.31. The second-order valence-electron chi connectivity index (χ2n) is 4.84. The minimum absolute atomic E-state index is 0.161. The quantitative estimate of drug-likeness (QED) is 0.922. The third kappa shape index (κ3) is 3.02. The lowest BCUT2D eigenvalue weighted by Gasteiger charge is -2.21. The van der Waals surface area contributed by atoms with E-state index in [1.54, 1.807) is 24.4 Å². The van der Waals surface area contributed by atoms with Crippen LogP contribution in [-0.4, -0.2) is 21.5 Å². The molecule has 0 aliphatic carbocycles. The molecule has 0 fully saturated rings. The summed E-state index contributed by atoms with van der Waals surface area (Å²) >= 11 is 0. The number of fused-ring (bicyclic) bond motifs is 1. The van der Waals surface area contributed by atoms with Crippen molar-refractivity contribution in [3.63, 3.8) is 0 Å². The maximum Gasteiger partial charge on any atom is 0.433 e. The number of rotatable bonds is 2. The summed E-state index contributed by atoms with van der Waals surface area (Å²) in [5, 5.41) is 2.93. The van der Waals surface area contributed by atoms with Gasteiger partial charge in [0.1, 0.15) is 5.82 Å². The summed E-state index contributed by atoms with van der Waals surface area (Å²) in [6, 6.07) is 5.29. The van der Waals surface area contributed by atoms with E-state index in [4.69, 9.17) is 0 Å². The molecule has 0 atom stereocenters. The lowest BCUT2D eigenvalue weighted by Crippen LogP contribution is -2.29. The predicted molar refractivity (Wildman–Crippen MR) is 69.5 cm³/mol. The first-order valence-corrected chi connectivity index (χ1v) is 6.60. The summed E-state index contributed by atoms with van der Waals surface area (Å²) < 4.78 is 39.5. The number of pyridine rings is 1. The summed E-state index contributed by atoms with van der Waals surface area (Å²) in [5.74, 6) is 0.168. The molecular formula is C14H13F3N4. The number of alkyl halides is 3. The molecule has 1 aliphatic rings. The first kappa shape index (κ1) is 13.9. The molecule has 7 heteroatoms. The smallest absolute Gasteiger partial charge is 0.312 e. The van der Waals surface area contributed by atoms with Crippen molar-refractivity contribution in [3.8, 4) is 0 Å². The molecule has 0 spiro atoms. The first-order valence-electron chi connectivity index (χ1n) is 6.60. The van der Waals surface area contributed by atoms with Gasteiger partial charge in [-0.1, -0.05) is 6.07 Å². The van der Waals surface area contributed by atoms with E-state index in [2.05, 4.69) is 20.3 Å². The van der Waals surface area contributed by atoms with Crippen LogP contribution in [-0.2, 0) is 25.6 Å². The minimum Gasteiger partial charge on any atom is -0.312 e. The van der Waals surface area contributed by atoms with Gasteiger partial charge in [-0.25, -0.2) is 9.97 Å². The fourth-order valence-corrected chi connectivity index (χ4v) is 2.37. The molecule has 0 unspecified atom stereocenters. The molecule has 1 aliphatic heterocycles. The fourth-order valence-electron chi connectivity index (χ4n) is 2.37. The van der Waals surface area contributed by atoms with Crippen LogP contribution in [0.1, 0.15) is 28.5 Å². The van der Waals surface area contributed by atoms with Gasteiger partial charge >= 0.3 is 6.18 Å². The van der Waals surface area contributed by atoms with E-state index in [1.807, 2.05) is 0 Å². The van der Waals surface area contributed by atoms with E-state index in [0.29, 0.717) is 24.4 Å². The molecule has 3 heterocycles. The Morgan fingerprint density at radius 1 is 1.19 bits per heavy atom. The summed E-state index contributed by atoms with van der Waals surface area (Å²) in [6.45, 7) is 0.790. The number of halogens is 3. The fraction of sp³-hybridized carbons (Fsp3) is 0.357. The molecule has 0 radical (unpaired) electrons. The molecule has 4 nitrogen and oxygen atoms in total.